The van der Waals surface area contributed by atoms with Gasteiger partial charge in [-0.3, -0.25) is 14.4 Å². The summed E-state index contributed by atoms with van der Waals surface area (Å²) in [4.78, 5) is 9.93. The highest BCUT2D eigenvalue weighted by Gasteiger charge is 2.27. The predicted octanol–water partition coefficient (Wildman–Crippen LogP) is 3.63. The molecule has 23 heavy (non-hydrogen) atoms. The summed E-state index contributed by atoms with van der Waals surface area (Å²) in [7, 11) is -2.95. The van der Waals surface area contributed by atoms with Crippen LogP contribution in [0.15, 0.2) is 45.8 Å². The first kappa shape index (κ1) is 17.4. The molecule has 0 aromatic heterocycles. The van der Waals surface area contributed by atoms with Gasteiger partial charge in [0.25, 0.3) is 15.7 Å². The second-order valence-electron chi connectivity index (χ2n) is 4.78. The maximum absolute atomic E-state index is 14.0. The summed E-state index contributed by atoms with van der Waals surface area (Å²) in [5.74, 6) is -0.728. The normalized spacial score (nSPS) is 11.3. The fourth-order valence-corrected chi connectivity index (χ4v) is 3.77. The second kappa shape index (κ2) is 6.25. The van der Waals surface area contributed by atoms with Crippen molar-refractivity contribution in [2.75, 3.05) is 11.4 Å². The quantitative estimate of drug-likeness (QED) is 0.577. The van der Waals surface area contributed by atoms with Crippen LogP contribution in [0.25, 0.3) is 0 Å². The maximum Gasteiger partial charge on any atom is 0.270 e. The van der Waals surface area contributed by atoms with Crippen LogP contribution in [0.1, 0.15) is 5.56 Å². The molecule has 0 saturated heterocycles. The summed E-state index contributed by atoms with van der Waals surface area (Å²) in [6, 6.07) is 7.49. The van der Waals surface area contributed by atoms with Gasteiger partial charge >= 0.3 is 0 Å². The number of non-ortho nitro benzene ring substituents is 1. The molecule has 0 spiro atoms. The van der Waals surface area contributed by atoms with Crippen LogP contribution in [0, 0.1) is 22.9 Å². The predicted molar refractivity (Wildman–Crippen MR) is 87.5 cm³/mol. The third-order valence-corrected chi connectivity index (χ3v) is 5.68. The van der Waals surface area contributed by atoms with Crippen LogP contribution in [0.3, 0.4) is 0 Å². The number of hydrogen-bond donors (Lipinski definition) is 0. The first-order chi connectivity index (χ1) is 10.6. The van der Waals surface area contributed by atoms with Gasteiger partial charge in [-0.15, -0.1) is 0 Å². The number of halogens is 2. The van der Waals surface area contributed by atoms with Crippen molar-refractivity contribution in [1.29, 1.82) is 0 Å². The molecule has 2 aromatic carbocycles. The molecule has 122 valence electrons. The summed E-state index contributed by atoms with van der Waals surface area (Å²) in [6.45, 7) is 1.52. The maximum atomic E-state index is 14.0. The molecule has 0 heterocycles. The van der Waals surface area contributed by atoms with Crippen molar-refractivity contribution < 1.29 is 17.7 Å². The molecule has 0 radical (unpaired) electrons. The minimum atomic E-state index is -4.14. The van der Waals surface area contributed by atoms with E-state index in [4.69, 9.17) is 0 Å². The average molecular weight is 403 g/mol. The number of nitrogens with zero attached hydrogens (tertiary/aromatic N) is 2. The van der Waals surface area contributed by atoms with Crippen molar-refractivity contribution in [3.05, 3.63) is 62.4 Å². The standard InChI is InChI=1S/C14H12BrFN2O4S/c1-9-3-5-11(18(19)20)8-14(9)23(21,22)17(2)13-6-4-10(15)7-12(13)16/h3-8H,1-2H3. The van der Waals surface area contributed by atoms with Gasteiger partial charge in [0.2, 0.25) is 0 Å². The summed E-state index contributed by atoms with van der Waals surface area (Å²) < 4.78 is 40.6. The SMILES string of the molecule is Cc1ccc([N+](=O)[O-])cc1S(=O)(=O)N(C)c1ccc(Br)cc1F. The fourth-order valence-electron chi connectivity index (χ4n) is 1.99. The molecule has 0 atom stereocenters. The molecule has 2 rings (SSSR count). The second-order valence-corrected chi connectivity index (χ2v) is 7.63. The number of benzene rings is 2. The van der Waals surface area contributed by atoms with Gasteiger partial charge in [-0.05, 0) is 30.7 Å². The number of anilines is 1. The Bertz CT molecular complexity index is 886. The third-order valence-electron chi connectivity index (χ3n) is 3.27. The number of nitro groups is 1. The van der Waals surface area contributed by atoms with E-state index in [1.807, 2.05) is 0 Å². The Balaban J connectivity index is 2.57. The largest absolute Gasteiger partial charge is 0.270 e. The zero-order valence-corrected chi connectivity index (χ0v) is 14.6. The van der Waals surface area contributed by atoms with Gasteiger partial charge in [-0.25, -0.2) is 12.8 Å². The average Bonchev–Trinajstić information content (AvgIpc) is 2.46. The number of sulfonamides is 1. The molecule has 0 saturated carbocycles. The van der Waals surface area contributed by atoms with Crippen LogP contribution in [-0.2, 0) is 10.0 Å². The molecule has 9 heteroatoms. The van der Waals surface area contributed by atoms with Crippen molar-refractivity contribution in [2.45, 2.75) is 11.8 Å². The smallest absolute Gasteiger partial charge is 0.266 e. The van der Waals surface area contributed by atoms with E-state index < -0.39 is 20.8 Å². The highest BCUT2D eigenvalue weighted by atomic mass is 79.9. The van der Waals surface area contributed by atoms with Crippen LogP contribution in [0.5, 0.6) is 0 Å². The molecule has 2 aromatic rings. The van der Waals surface area contributed by atoms with Crippen LogP contribution in [-0.4, -0.2) is 20.4 Å². The first-order valence-electron chi connectivity index (χ1n) is 6.33. The fraction of sp³-hybridized carbons (Fsp3) is 0.143. The van der Waals surface area contributed by atoms with Crippen molar-refractivity contribution in [3.63, 3.8) is 0 Å². The summed E-state index contributed by atoms with van der Waals surface area (Å²) in [5, 5.41) is 10.9. The van der Waals surface area contributed by atoms with Gasteiger partial charge in [0.1, 0.15) is 5.82 Å². The lowest BCUT2D eigenvalue weighted by atomic mass is 10.2. The van der Waals surface area contributed by atoms with Gasteiger partial charge in [0.05, 0.1) is 15.5 Å². The number of aryl methyl sites for hydroxylation is 1. The number of rotatable bonds is 4. The van der Waals surface area contributed by atoms with E-state index in [0.717, 1.165) is 16.4 Å². The topological polar surface area (TPSA) is 80.5 Å². The highest BCUT2D eigenvalue weighted by molar-refractivity contribution is 9.10. The molecule has 0 unspecified atom stereocenters. The van der Waals surface area contributed by atoms with Gasteiger partial charge in [-0.2, -0.15) is 0 Å². The summed E-state index contributed by atoms with van der Waals surface area (Å²) >= 11 is 3.09. The molecule has 0 fully saturated rings. The van der Waals surface area contributed by atoms with E-state index in [0.29, 0.717) is 10.0 Å². The Morgan fingerprint density at radius 1 is 1.22 bits per heavy atom. The first-order valence-corrected chi connectivity index (χ1v) is 8.57. The molecule has 0 amide bonds. The van der Waals surface area contributed by atoms with E-state index in [-0.39, 0.29) is 16.3 Å². The van der Waals surface area contributed by atoms with E-state index in [1.54, 1.807) is 0 Å². The highest BCUT2D eigenvalue weighted by Crippen LogP contribution is 2.30. The van der Waals surface area contributed by atoms with Gasteiger partial charge in [0, 0.05) is 23.7 Å². The monoisotopic (exact) mass is 402 g/mol. The molecular formula is C14H12BrFN2O4S. The zero-order chi connectivity index (χ0) is 17.4. The minimum absolute atomic E-state index is 0.154. The number of nitro benzene ring substituents is 1. The summed E-state index contributed by atoms with van der Waals surface area (Å²) in [5.41, 5.74) is -0.169. The van der Waals surface area contributed by atoms with Gasteiger partial charge in [-0.1, -0.05) is 22.0 Å². The lowest BCUT2D eigenvalue weighted by Gasteiger charge is -2.21. The van der Waals surface area contributed by atoms with E-state index in [1.165, 1.54) is 38.2 Å². The molecule has 0 aliphatic carbocycles. The Hall–Kier alpha value is -2.00. The van der Waals surface area contributed by atoms with Crippen molar-refractivity contribution >= 4 is 37.3 Å². The van der Waals surface area contributed by atoms with Gasteiger partial charge in [0.15, 0.2) is 0 Å². The van der Waals surface area contributed by atoms with Crippen molar-refractivity contribution in [1.82, 2.24) is 0 Å². The molecule has 0 bridgehead atoms. The van der Waals surface area contributed by atoms with Gasteiger partial charge < -0.3 is 0 Å². The van der Waals surface area contributed by atoms with Crippen LogP contribution in [0.4, 0.5) is 15.8 Å². The summed E-state index contributed by atoms with van der Waals surface area (Å²) in [6.07, 6.45) is 0. The zero-order valence-electron chi connectivity index (χ0n) is 12.2. The van der Waals surface area contributed by atoms with E-state index in [9.17, 15) is 22.9 Å². The van der Waals surface area contributed by atoms with Crippen LogP contribution in [0.2, 0.25) is 0 Å². The van der Waals surface area contributed by atoms with Crippen LogP contribution >= 0.6 is 15.9 Å². The van der Waals surface area contributed by atoms with Crippen molar-refractivity contribution in [2.24, 2.45) is 0 Å². The Morgan fingerprint density at radius 2 is 1.87 bits per heavy atom. The molecular weight excluding hydrogens is 391 g/mol. The Labute approximate surface area is 140 Å². The molecule has 6 nitrogen and oxygen atoms in total. The lowest BCUT2D eigenvalue weighted by molar-refractivity contribution is -0.385. The van der Waals surface area contributed by atoms with Crippen molar-refractivity contribution in [3.8, 4) is 0 Å². The third kappa shape index (κ3) is 3.35. The Kier molecular flexibility index (Phi) is 4.71. The molecule has 0 N–H and O–H groups in total. The molecule has 0 aliphatic rings. The van der Waals surface area contributed by atoms with E-state index in [2.05, 4.69) is 15.9 Å². The van der Waals surface area contributed by atoms with Crippen LogP contribution < -0.4 is 4.31 Å². The Morgan fingerprint density at radius 3 is 2.43 bits per heavy atom. The number of hydrogen-bond acceptors (Lipinski definition) is 4. The minimum Gasteiger partial charge on any atom is -0.266 e. The van der Waals surface area contributed by atoms with E-state index >= 15 is 0 Å². The lowest BCUT2D eigenvalue weighted by Crippen LogP contribution is -2.28. The molecule has 0 aliphatic heterocycles.